The van der Waals surface area contributed by atoms with Gasteiger partial charge in [0.1, 0.15) is 0 Å². The number of anilines is 3. The maximum absolute atomic E-state index is 12.2. The van der Waals surface area contributed by atoms with Crippen LogP contribution in [0.1, 0.15) is 30.1 Å². The fraction of sp³-hybridized carbons (Fsp3) is 0.250. The standard InChI is InChI=1S/C20H23ClN4O3/c1-3-4-18(26)25-15-9-10-16(21)17(11-15)23-12-19(27)24-14-7-5-13(6-8-14)20(28)22-2/h5-11,23H,3-4,12H2,1-2H3,(H,22,28)(H,24,27)(H,25,26). The van der Waals surface area contributed by atoms with Gasteiger partial charge in [-0.05, 0) is 48.9 Å². The van der Waals surface area contributed by atoms with Crippen LogP contribution in [0, 0.1) is 0 Å². The average Bonchev–Trinajstić information content (AvgIpc) is 2.68. The van der Waals surface area contributed by atoms with Crippen molar-refractivity contribution in [3.8, 4) is 0 Å². The molecule has 2 aromatic rings. The summed E-state index contributed by atoms with van der Waals surface area (Å²) in [5.74, 6) is -0.544. The summed E-state index contributed by atoms with van der Waals surface area (Å²) < 4.78 is 0. The van der Waals surface area contributed by atoms with Gasteiger partial charge >= 0.3 is 0 Å². The molecule has 148 valence electrons. The van der Waals surface area contributed by atoms with E-state index in [1.807, 2.05) is 6.92 Å². The topological polar surface area (TPSA) is 99.3 Å². The van der Waals surface area contributed by atoms with E-state index in [0.717, 1.165) is 6.42 Å². The van der Waals surface area contributed by atoms with Crippen molar-refractivity contribution in [2.24, 2.45) is 0 Å². The molecule has 3 amide bonds. The Hall–Kier alpha value is -3.06. The molecular formula is C20H23ClN4O3. The number of halogens is 1. The van der Waals surface area contributed by atoms with Gasteiger partial charge in [-0.15, -0.1) is 0 Å². The summed E-state index contributed by atoms with van der Waals surface area (Å²) in [7, 11) is 1.55. The van der Waals surface area contributed by atoms with Crippen LogP contribution in [0.15, 0.2) is 42.5 Å². The Kier molecular flexibility index (Phi) is 7.83. The molecule has 0 aliphatic heterocycles. The Balaban J connectivity index is 1.93. The largest absolute Gasteiger partial charge is 0.375 e. The number of nitrogens with one attached hydrogen (secondary N) is 4. The van der Waals surface area contributed by atoms with Crippen molar-refractivity contribution in [3.05, 3.63) is 53.1 Å². The Labute approximate surface area is 168 Å². The summed E-state index contributed by atoms with van der Waals surface area (Å²) in [6, 6.07) is 11.6. The third kappa shape index (κ3) is 6.28. The van der Waals surface area contributed by atoms with Crippen molar-refractivity contribution in [1.29, 1.82) is 0 Å². The molecule has 28 heavy (non-hydrogen) atoms. The maximum atomic E-state index is 12.2. The minimum absolute atomic E-state index is 0.0106. The van der Waals surface area contributed by atoms with Gasteiger partial charge in [0, 0.05) is 30.4 Å². The van der Waals surface area contributed by atoms with E-state index >= 15 is 0 Å². The lowest BCUT2D eigenvalue weighted by Crippen LogP contribution is -2.22. The summed E-state index contributed by atoms with van der Waals surface area (Å²) in [5.41, 5.74) is 2.23. The molecule has 0 fully saturated rings. The molecule has 0 saturated heterocycles. The fourth-order valence-corrected chi connectivity index (χ4v) is 2.60. The highest BCUT2D eigenvalue weighted by atomic mass is 35.5. The number of carbonyl (C=O) groups excluding carboxylic acids is 3. The van der Waals surface area contributed by atoms with E-state index in [4.69, 9.17) is 11.6 Å². The van der Waals surface area contributed by atoms with Gasteiger partial charge in [-0.2, -0.15) is 0 Å². The molecule has 0 aliphatic rings. The molecule has 0 radical (unpaired) electrons. The molecular weight excluding hydrogens is 380 g/mol. The number of hydrogen-bond donors (Lipinski definition) is 4. The molecule has 2 aromatic carbocycles. The summed E-state index contributed by atoms with van der Waals surface area (Å²) in [5, 5.41) is 11.5. The van der Waals surface area contributed by atoms with E-state index in [2.05, 4.69) is 21.3 Å². The highest BCUT2D eigenvalue weighted by molar-refractivity contribution is 6.33. The Morgan fingerprint density at radius 2 is 1.57 bits per heavy atom. The monoisotopic (exact) mass is 402 g/mol. The van der Waals surface area contributed by atoms with Crippen LogP contribution in [0.3, 0.4) is 0 Å². The van der Waals surface area contributed by atoms with E-state index in [1.54, 1.807) is 49.5 Å². The van der Waals surface area contributed by atoms with Crippen molar-refractivity contribution in [2.45, 2.75) is 19.8 Å². The zero-order chi connectivity index (χ0) is 20.5. The second-order valence-electron chi connectivity index (χ2n) is 6.05. The molecule has 0 saturated carbocycles. The fourth-order valence-electron chi connectivity index (χ4n) is 2.42. The molecule has 0 bridgehead atoms. The maximum Gasteiger partial charge on any atom is 0.251 e. The number of hydrogen-bond acceptors (Lipinski definition) is 4. The lowest BCUT2D eigenvalue weighted by Gasteiger charge is -2.12. The zero-order valence-electron chi connectivity index (χ0n) is 15.8. The van der Waals surface area contributed by atoms with Gasteiger partial charge in [0.2, 0.25) is 11.8 Å². The zero-order valence-corrected chi connectivity index (χ0v) is 16.5. The minimum Gasteiger partial charge on any atom is -0.375 e. The quantitative estimate of drug-likeness (QED) is 0.543. The van der Waals surface area contributed by atoms with Gasteiger partial charge in [0.15, 0.2) is 0 Å². The van der Waals surface area contributed by atoms with Crippen LogP contribution in [-0.2, 0) is 9.59 Å². The molecule has 7 nitrogen and oxygen atoms in total. The van der Waals surface area contributed by atoms with E-state index in [1.165, 1.54) is 0 Å². The first-order valence-electron chi connectivity index (χ1n) is 8.88. The molecule has 2 rings (SSSR count). The van der Waals surface area contributed by atoms with Gasteiger partial charge in [-0.1, -0.05) is 18.5 Å². The summed E-state index contributed by atoms with van der Waals surface area (Å²) in [6.07, 6.45) is 1.20. The minimum atomic E-state index is -0.274. The normalized spacial score (nSPS) is 10.1. The molecule has 0 atom stereocenters. The van der Waals surface area contributed by atoms with Crippen molar-refractivity contribution >= 4 is 46.4 Å². The first-order valence-corrected chi connectivity index (χ1v) is 9.26. The molecule has 0 spiro atoms. The first-order chi connectivity index (χ1) is 13.4. The van der Waals surface area contributed by atoms with E-state index in [0.29, 0.717) is 34.1 Å². The average molecular weight is 403 g/mol. The third-order valence-corrected chi connectivity index (χ3v) is 4.15. The highest BCUT2D eigenvalue weighted by Gasteiger charge is 2.08. The van der Waals surface area contributed by atoms with E-state index < -0.39 is 0 Å². The van der Waals surface area contributed by atoms with Crippen LogP contribution in [0.4, 0.5) is 17.1 Å². The Morgan fingerprint density at radius 3 is 2.21 bits per heavy atom. The number of benzene rings is 2. The van der Waals surface area contributed by atoms with Crippen LogP contribution in [0.2, 0.25) is 5.02 Å². The smallest absolute Gasteiger partial charge is 0.251 e. The Bertz CT molecular complexity index is 853. The first kappa shape index (κ1) is 21.2. The number of amides is 3. The van der Waals surface area contributed by atoms with Crippen LogP contribution in [0.5, 0.6) is 0 Å². The highest BCUT2D eigenvalue weighted by Crippen LogP contribution is 2.25. The third-order valence-electron chi connectivity index (χ3n) is 3.82. The van der Waals surface area contributed by atoms with Gasteiger partial charge in [0.25, 0.3) is 5.91 Å². The van der Waals surface area contributed by atoms with Crippen LogP contribution < -0.4 is 21.3 Å². The molecule has 8 heteroatoms. The molecule has 0 unspecified atom stereocenters. The van der Waals surface area contributed by atoms with Gasteiger partial charge in [-0.3, -0.25) is 14.4 Å². The lowest BCUT2D eigenvalue weighted by atomic mass is 10.2. The molecule has 4 N–H and O–H groups in total. The molecule has 0 aromatic heterocycles. The molecule has 0 aliphatic carbocycles. The summed E-state index contributed by atoms with van der Waals surface area (Å²) in [6.45, 7) is 1.92. The van der Waals surface area contributed by atoms with Crippen molar-refractivity contribution in [1.82, 2.24) is 5.32 Å². The van der Waals surface area contributed by atoms with Gasteiger partial charge < -0.3 is 21.3 Å². The molecule has 0 heterocycles. The van der Waals surface area contributed by atoms with Gasteiger partial charge in [0.05, 0.1) is 17.3 Å². The van der Waals surface area contributed by atoms with Crippen LogP contribution in [0.25, 0.3) is 0 Å². The van der Waals surface area contributed by atoms with Crippen molar-refractivity contribution in [2.75, 3.05) is 29.5 Å². The lowest BCUT2D eigenvalue weighted by molar-refractivity contribution is -0.116. The SMILES string of the molecule is CCCC(=O)Nc1ccc(Cl)c(NCC(=O)Nc2ccc(C(=O)NC)cc2)c1. The summed E-state index contributed by atoms with van der Waals surface area (Å²) in [4.78, 5) is 35.4. The van der Waals surface area contributed by atoms with Gasteiger partial charge in [-0.25, -0.2) is 0 Å². The predicted molar refractivity (Wildman–Crippen MR) is 112 cm³/mol. The van der Waals surface area contributed by atoms with Crippen molar-refractivity contribution < 1.29 is 14.4 Å². The van der Waals surface area contributed by atoms with E-state index in [-0.39, 0.29) is 24.3 Å². The second kappa shape index (κ2) is 10.3. The predicted octanol–water partition coefficient (Wildman–Crippen LogP) is 3.49. The van der Waals surface area contributed by atoms with Crippen molar-refractivity contribution in [3.63, 3.8) is 0 Å². The summed E-state index contributed by atoms with van der Waals surface area (Å²) >= 11 is 6.15. The van der Waals surface area contributed by atoms with Crippen LogP contribution >= 0.6 is 11.6 Å². The second-order valence-corrected chi connectivity index (χ2v) is 6.46. The number of carbonyl (C=O) groups is 3. The Morgan fingerprint density at radius 1 is 0.929 bits per heavy atom. The van der Waals surface area contributed by atoms with Crippen LogP contribution in [-0.4, -0.2) is 31.3 Å². The van der Waals surface area contributed by atoms with E-state index in [9.17, 15) is 14.4 Å². The number of rotatable bonds is 8.